The van der Waals surface area contributed by atoms with Crippen molar-refractivity contribution in [1.82, 2.24) is 9.47 Å². The van der Waals surface area contributed by atoms with Crippen LogP contribution in [0.15, 0.2) is 65.6 Å². The number of benzene rings is 2. The van der Waals surface area contributed by atoms with E-state index in [4.69, 9.17) is 4.74 Å². The van der Waals surface area contributed by atoms with Crippen LogP contribution in [0.5, 0.6) is 0 Å². The summed E-state index contributed by atoms with van der Waals surface area (Å²) < 4.78 is 7.34. The monoisotopic (exact) mass is 348 g/mol. The van der Waals surface area contributed by atoms with E-state index in [0.717, 1.165) is 5.56 Å². The Labute approximate surface area is 151 Å². The van der Waals surface area contributed by atoms with Crippen molar-refractivity contribution in [1.29, 1.82) is 0 Å². The van der Waals surface area contributed by atoms with Crippen LogP contribution < -0.4 is 5.56 Å². The van der Waals surface area contributed by atoms with Gasteiger partial charge in [-0.3, -0.25) is 9.59 Å². The number of pyridine rings is 1. The Hall–Kier alpha value is -2.92. The van der Waals surface area contributed by atoms with Gasteiger partial charge in [0, 0.05) is 30.6 Å². The molecule has 4 rings (SSSR count). The predicted molar refractivity (Wildman–Crippen MR) is 100 cm³/mol. The third-order valence-electron chi connectivity index (χ3n) is 4.85. The van der Waals surface area contributed by atoms with E-state index in [1.165, 1.54) is 4.57 Å². The molecule has 1 saturated heterocycles. The van der Waals surface area contributed by atoms with Crippen molar-refractivity contribution in [2.24, 2.45) is 7.05 Å². The highest BCUT2D eigenvalue weighted by Crippen LogP contribution is 2.24. The van der Waals surface area contributed by atoms with Gasteiger partial charge in [0.25, 0.3) is 11.5 Å². The summed E-state index contributed by atoms with van der Waals surface area (Å²) in [6.45, 7) is 1.54. The van der Waals surface area contributed by atoms with Gasteiger partial charge in [0.15, 0.2) is 0 Å². The van der Waals surface area contributed by atoms with E-state index in [2.05, 4.69) is 0 Å². The van der Waals surface area contributed by atoms with Crippen LogP contribution in [0.2, 0.25) is 0 Å². The van der Waals surface area contributed by atoms with Crippen LogP contribution in [-0.2, 0) is 11.8 Å². The van der Waals surface area contributed by atoms with Gasteiger partial charge in [0.2, 0.25) is 0 Å². The molecule has 1 aromatic heterocycles. The maximum absolute atomic E-state index is 13.2. The molecule has 5 nitrogen and oxygen atoms in total. The van der Waals surface area contributed by atoms with Crippen molar-refractivity contribution in [2.45, 2.75) is 6.10 Å². The van der Waals surface area contributed by atoms with Gasteiger partial charge in [-0.15, -0.1) is 0 Å². The summed E-state index contributed by atoms with van der Waals surface area (Å²) in [6, 6.07) is 17.2. The van der Waals surface area contributed by atoms with Gasteiger partial charge in [-0.05, 0) is 11.6 Å². The van der Waals surface area contributed by atoms with Crippen LogP contribution in [0.3, 0.4) is 0 Å². The smallest absolute Gasteiger partial charge is 0.258 e. The predicted octanol–water partition coefficient (Wildman–Crippen LogP) is 2.75. The molecule has 1 aliphatic heterocycles. The second-order valence-electron chi connectivity index (χ2n) is 6.53. The fraction of sp³-hybridized carbons (Fsp3) is 0.238. The number of aromatic nitrogens is 1. The Morgan fingerprint density at radius 2 is 1.73 bits per heavy atom. The molecule has 1 amide bonds. The molecule has 0 spiro atoms. The summed E-state index contributed by atoms with van der Waals surface area (Å²) in [6.07, 6.45) is 1.51. The molecule has 1 atom stereocenters. The molecule has 26 heavy (non-hydrogen) atoms. The lowest BCUT2D eigenvalue weighted by Crippen LogP contribution is -2.42. The SMILES string of the molecule is Cn1cc(C(=O)N2CCO[C@@H](c3ccccc3)C2)c2ccccc2c1=O. The Bertz CT molecular complexity index is 1010. The van der Waals surface area contributed by atoms with Crippen LogP contribution in [0, 0.1) is 0 Å². The van der Waals surface area contributed by atoms with Crippen LogP contribution >= 0.6 is 0 Å². The number of amides is 1. The molecule has 0 saturated carbocycles. The van der Waals surface area contributed by atoms with Crippen molar-refractivity contribution >= 4 is 16.7 Å². The summed E-state index contributed by atoms with van der Waals surface area (Å²) >= 11 is 0. The largest absolute Gasteiger partial charge is 0.370 e. The van der Waals surface area contributed by atoms with E-state index < -0.39 is 0 Å². The number of hydrogen-bond acceptors (Lipinski definition) is 3. The summed E-state index contributed by atoms with van der Waals surface area (Å²) in [7, 11) is 1.68. The summed E-state index contributed by atoms with van der Waals surface area (Å²) in [5.74, 6) is -0.0685. The van der Waals surface area contributed by atoms with Crippen molar-refractivity contribution in [3.8, 4) is 0 Å². The van der Waals surface area contributed by atoms with Crippen LogP contribution in [0.25, 0.3) is 10.8 Å². The third kappa shape index (κ3) is 2.91. The van der Waals surface area contributed by atoms with E-state index >= 15 is 0 Å². The minimum atomic E-state index is -0.132. The lowest BCUT2D eigenvalue weighted by atomic mass is 10.0. The molecule has 0 N–H and O–H groups in total. The second-order valence-corrected chi connectivity index (χ2v) is 6.53. The lowest BCUT2D eigenvalue weighted by molar-refractivity contribution is -0.0227. The molecule has 5 heteroatoms. The Balaban J connectivity index is 1.69. The number of aryl methyl sites for hydroxylation is 1. The summed E-state index contributed by atoms with van der Waals surface area (Å²) in [5, 5.41) is 1.26. The zero-order valence-corrected chi connectivity index (χ0v) is 14.6. The van der Waals surface area contributed by atoms with Crippen molar-refractivity contribution in [2.75, 3.05) is 19.7 Å². The molecule has 0 bridgehead atoms. The first-order chi connectivity index (χ1) is 12.6. The number of ether oxygens (including phenoxy) is 1. The highest BCUT2D eigenvalue weighted by atomic mass is 16.5. The van der Waals surface area contributed by atoms with Crippen LogP contribution in [-0.4, -0.2) is 35.1 Å². The van der Waals surface area contributed by atoms with Gasteiger partial charge in [-0.1, -0.05) is 48.5 Å². The normalized spacial score (nSPS) is 17.4. The summed E-state index contributed by atoms with van der Waals surface area (Å²) in [5.41, 5.74) is 1.52. The second kappa shape index (κ2) is 6.77. The number of morpholine rings is 1. The average molecular weight is 348 g/mol. The van der Waals surface area contributed by atoms with E-state index in [1.807, 2.05) is 53.4 Å². The van der Waals surface area contributed by atoms with Gasteiger partial charge < -0.3 is 14.2 Å². The fourth-order valence-corrected chi connectivity index (χ4v) is 3.46. The maximum Gasteiger partial charge on any atom is 0.258 e. The van der Waals surface area contributed by atoms with E-state index in [1.54, 1.807) is 19.3 Å². The number of hydrogen-bond donors (Lipinski definition) is 0. The van der Waals surface area contributed by atoms with E-state index in [9.17, 15) is 9.59 Å². The number of rotatable bonds is 2. The topological polar surface area (TPSA) is 51.5 Å². The van der Waals surface area contributed by atoms with Crippen molar-refractivity contribution in [3.05, 3.63) is 82.3 Å². The zero-order chi connectivity index (χ0) is 18.1. The Kier molecular flexibility index (Phi) is 4.31. The van der Waals surface area contributed by atoms with Gasteiger partial charge in [0.1, 0.15) is 6.10 Å². The first-order valence-corrected chi connectivity index (χ1v) is 8.69. The molecule has 132 valence electrons. The first kappa shape index (κ1) is 16.5. The first-order valence-electron chi connectivity index (χ1n) is 8.69. The minimum Gasteiger partial charge on any atom is -0.370 e. The molecule has 0 radical (unpaired) electrons. The molecular weight excluding hydrogens is 328 g/mol. The van der Waals surface area contributed by atoms with Crippen LogP contribution in [0.4, 0.5) is 0 Å². The minimum absolute atomic E-state index is 0.0685. The van der Waals surface area contributed by atoms with Gasteiger partial charge in [0.05, 0.1) is 18.7 Å². The third-order valence-corrected chi connectivity index (χ3v) is 4.85. The highest BCUT2D eigenvalue weighted by Gasteiger charge is 2.27. The number of fused-ring (bicyclic) bond motifs is 1. The van der Waals surface area contributed by atoms with E-state index in [-0.39, 0.29) is 17.6 Å². The Morgan fingerprint density at radius 3 is 2.50 bits per heavy atom. The fourth-order valence-electron chi connectivity index (χ4n) is 3.46. The zero-order valence-electron chi connectivity index (χ0n) is 14.6. The quantitative estimate of drug-likeness (QED) is 0.716. The van der Waals surface area contributed by atoms with Gasteiger partial charge in [-0.25, -0.2) is 0 Å². The molecule has 0 unspecified atom stereocenters. The summed E-state index contributed by atoms with van der Waals surface area (Å²) in [4.78, 5) is 27.4. The number of carbonyl (C=O) groups is 1. The van der Waals surface area contributed by atoms with Crippen molar-refractivity contribution < 1.29 is 9.53 Å². The van der Waals surface area contributed by atoms with Crippen LogP contribution in [0.1, 0.15) is 22.0 Å². The van der Waals surface area contributed by atoms with E-state index in [0.29, 0.717) is 36.0 Å². The Morgan fingerprint density at radius 1 is 1.04 bits per heavy atom. The van der Waals surface area contributed by atoms with Crippen molar-refractivity contribution in [3.63, 3.8) is 0 Å². The number of carbonyl (C=O) groups excluding carboxylic acids is 1. The standard InChI is InChI=1S/C21H20N2O3/c1-22-13-18(16-9-5-6-10-17(16)20(22)24)21(25)23-11-12-26-19(14-23)15-7-3-2-4-8-15/h2-10,13,19H,11-12,14H2,1H3/t19-/m1/s1. The molecule has 0 aliphatic carbocycles. The molecule has 3 aromatic rings. The average Bonchev–Trinajstić information content (AvgIpc) is 2.71. The molecule has 1 fully saturated rings. The molecular formula is C21H20N2O3. The van der Waals surface area contributed by atoms with Gasteiger partial charge in [-0.2, -0.15) is 0 Å². The molecule has 1 aliphatic rings. The maximum atomic E-state index is 13.2. The number of nitrogens with zero attached hydrogens (tertiary/aromatic N) is 2. The molecule has 2 aromatic carbocycles. The van der Waals surface area contributed by atoms with Gasteiger partial charge >= 0.3 is 0 Å². The lowest BCUT2D eigenvalue weighted by Gasteiger charge is -2.33. The highest BCUT2D eigenvalue weighted by molar-refractivity contribution is 6.06. The molecule has 2 heterocycles.